The van der Waals surface area contributed by atoms with Crippen LogP contribution in [0.2, 0.25) is 0 Å². The lowest BCUT2D eigenvalue weighted by atomic mass is 9.99. The average Bonchev–Trinajstić information content (AvgIpc) is 2.71. The van der Waals surface area contributed by atoms with Gasteiger partial charge in [0.05, 0.1) is 0 Å². The van der Waals surface area contributed by atoms with E-state index in [-0.39, 0.29) is 0 Å². The van der Waals surface area contributed by atoms with Gasteiger partial charge in [-0.1, -0.05) is 82.7 Å². The van der Waals surface area contributed by atoms with Crippen molar-refractivity contribution < 1.29 is 0 Å². The zero-order chi connectivity index (χ0) is 17.3. The highest BCUT2D eigenvalue weighted by atomic mass is 79.9. The summed E-state index contributed by atoms with van der Waals surface area (Å²) in [5.74, 6) is 0. The molecule has 0 unspecified atom stereocenters. The van der Waals surface area contributed by atoms with Gasteiger partial charge in [0.25, 0.3) is 0 Å². The smallest absolute Gasteiger partial charge is 0.0267 e. The zero-order valence-electron chi connectivity index (χ0n) is 13.7. The summed E-state index contributed by atoms with van der Waals surface area (Å²) in [7, 11) is 0. The normalized spacial score (nSPS) is 9.80. The Bertz CT molecular complexity index is 878. The van der Waals surface area contributed by atoms with Gasteiger partial charge in [-0.05, 0) is 52.6 Å². The Morgan fingerprint density at radius 1 is 0.480 bits per heavy atom. The van der Waals surface area contributed by atoms with Gasteiger partial charge in [-0.15, -0.1) is 0 Å². The molecule has 122 valence electrons. The van der Waals surface area contributed by atoms with Gasteiger partial charge in [0, 0.05) is 16.9 Å². The van der Waals surface area contributed by atoms with Crippen molar-refractivity contribution in [2.24, 2.45) is 0 Å². The first-order chi connectivity index (χ1) is 12.3. The van der Waals surface area contributed by atoms with Crippen LogP contribution < -0.4 is 0 Å². The Kier molecular flexibility index (Phi) is 6.13. The largest absolute Gasteiger partial charge is 0.265 e. The molecule has 0 spiro atoms. The minimum atomic E-state index is 1.11. The lowest BCUT2D eigenvalue weighted by molar-refractivity contribution is 1.33. The van der Waals surface area contributed by atoms with Gasteiger partial charge >= 0.3 is 0 Å². The van der Waals surface area contributed by atoms with Crippen molar-refractivity contribution in [2.45, 2.75) is 0 Å². The fraction of sp³-hybridized carbons (Fsp3) is 0. The molecule has 0 atom stereocenters. The lowest BCUT2D eigenvalue weighted by Gasteiger charge is -2.06. The van der Waals surface area contributed by atoms with E-state index < -0.39 is 0 Å². The quantitative estimate of drug-likeness (QED) is 0.365. The molecule has 0 fully saturated rings. The molecule has 0 amide bonds. The number of nitrogens with zero attached hydrogens (tertiary/aromatic N) is 1. The first-order valence-corrected chi connectivity index (χ1v) is 8.89. The summed E-state index contributed by atoms with van der Waals surface area (Å²) >= 11 is 3.52. The minimum Gasteiger partial charge on any atom is -0.265 e. The molecule has 0 saturated carbocycles. The van der Waals surface area contributed by atoms with Crippen LogP contribution in [-0.2, 0) is 0 Å². The van der Waals surface area contributed by atoms with Crippen molar-refractivity contribution in [1.82, 2.24) is 4.98 Å². The fourth-order valence-corrected chi connectivity index (χ4v) is 2.89. The number of halogens is 1. The molecule has 0 aliphatic carbocycles. The van der Waals surface area contributed by atoms with Gasteiger partial charge in [-0.25, -0.2) is 0 Å². The molecule has 0 aliphatic rings. The summed E-state index contributed by atoms with van der Waals surface area (Å²) in [4.78, 5) is 3.78. The molecule has 1 heterocycles. The number of hydrogen-bond acceptors (Lipinski definition) is 1. The topological polar surface area (TPSA) is 12.9 Å². The first kappa shape index (κ1) is 17.1. The molecule has 0 N–H and O–H groups in total. The van der Waals surface area contributed by atoms with Crippen molar-refractivity contribution in [3.63, 3.8) is 0 Å². The number of hydrogen-bond donors (Lipinski definition) is 0. The zero-order valence-corrected chi connectivity index (χ0v) is 15.3. The third-order valence-electron chi connectivity index (χ3n) is 3.69. The van der Waals surface area contributed by atoms with Gasteiger partial charge in [0.2, 0.25) is 0 Å². The third-order valence-corrected chi connectivity index (χ3v) is 4.19. The molecule has 3 aromatic carbocycles. The first-order valence-electron chi connectivity index (χ1n) is 8.09. The predicted molar refractivity (Wildman–Crippen MR) is 109 cm³/mol. The summed E-state index contributed by atoms with van der Waals surface area (Å²) in [6.07, 6.45) is 3.50. The molecule has 1 nitrogen and oxygen atoms in total. The van der Waals surface area contributed by atoms with E-state index in [0.29, 0.717) is 0 Å². The standard InChI is InChI=1S/C18H13Br.C5H5N/c19-18-11-5-10-17(13-18)16-9-4-8-15(12-16)14-6-2-1-3-7-14;1-2-4-6-5-3-1/h1-13H;1-5H. The van der Waals surface area contributed by atoms with Gasteiger partial charge in [-0.2, -0.15) is 0 Å². The van der Waals surface area contributed by atoms with Gasteiger partial charge in [0.15, 0.2) is 0 Å². The van der Waals surface area contributed by atoms with Gasteiger partial charge < -0.3 is 0 Å². The van der Waals surface area contributed by atoms with Gasteiger partial charge in [-0.3, -0.25) is 4.98 Å². The van der Waals surface area contributed by atoms with Crippen LogP contribution in [0.3, 0.4) is 0 Å². The Morgan fingerprint density at radius 2 is 1.00 bits per heavy atom. The molecular weight excluding hydrogens is 370 g/mol. The molecule has 25 heavy (non-hydrogen) atoms. The fourth-order valence-electron chi connectivity index (χ4n) is 2.49. The van der Waals surface area contributed by atoms with Crippen LogP contribution in [0.25, 0.3) is 22.3 Å². The maximum Gasteiger partial charge on any atom is 0.0267 e. The van der Waals surface area contributed by atoms with Crippen LogP contribution in [0.4, 0.5) is 0 Å². The lowest BCUT2D eigenvalue weighted by Crippen LogP contribution is -1.81. The molecule has 1 aromatic heterocycles. The Hall–Kier alpha value is -2.71. The molecule has 0 bridgehead atoms. The Balaban J connectivity index is 0.000000258. The number of pyridine rings is 1. The highest BCUT2D eigenvalue weighted by Crippen LogP contribution is 2.27. The third kappa shape index (κ3) is 5.13. The maximum atomic E-state index is 3.78. The van der Waals surface area contributed by atoms with E-state index >= 15 is 0 Å². The SMILES string of the molecule is Brc1cccc(-c2cccc(-c3ccccc3)c2)c1.c1ccncc1. The van der Waals surface area contributed by atoms with Crippen LogP contribution in [0.1, 0.15) is 0 Å². The molecule has 0 aliphatic heterocycles. The summed E-state index contributed by atoms with van der Waals surface area (Å²) < 4.78 is 1.11. The van der Waals surface area contributed by atoms with Crippen LogP contribution in [0, 0.1) is 0 Å². The monoisotopic (exact) mass is 387 g/mol. The number of rotatable bonds is 2. The van der Waals surface area contributed by atoms with E-state index in [9.17, 15) is 0 Å². The van der Waals surface area contributed by atoms with E-state index in [1.54, 1.807) is 12.4 Å². The second-order valence-electron chi connectivity index (χ2n) is 5.48. The van der Waals surface area contributed by atoms with Crippen LogP contribution in [-0.4, -0.2) is 4.98 Å². The summed E-state index contributed by atoms with van der Waals surface area (Å²) in [6, 6.07) is 33.2. The maximum absolute atomic E-state index is 3.78. The van der Waals surface area contributed by atoms with E-state index in [1.807, 2.05) is 30.3 Å². The van der Waals surface area contributed by atoms with Crippen molar-refractivity contribution >= 4 is 15.9 Å². The minimum absolute atomic E-state index is 1.11. The molecule has 4 rings (SSSR count). The van der Waals surface area contributed by atoms with Crippen molar-refractivity contribution in [1.29, 1.82) is 0 Å². The molecule has 0 radical (unpaired) electrons. The average molecular weight is 388 g/mol. The van der Waals surface area contributed by atoms with Crippen molar-refractivity contribution in [3.8, 4) is 22.3 Å². The van der Waals surface area contributed by atoms with E-state index in [4.69, 9.17) is 0 Å². The second-order valence-corrected chi connectivity index (χ2v) is 6.40. The van der Waals surface area contributed by atoms with Crippen LogP contribution in [0.15, 0.2) is 114 Å². The number of benzene rings is 3. The molecule has 0 saturated heterocycles. The van der Waals surface area contributed by atoms with Crippen LogP contribution in [0.5, 0.6) is 0 Å². The number of aromatic nitrogens is 1. The van der Waals surface area contributed by atoms with Crippen LogP contribution >= 0.6 is 15.9 Å². The van der Waals surface area contributed by atoms with Crippen molar-refractivity contribution in [3.05, 3.63) is 114 Å². The Labute approximate surface area is 157 Å². The second kappa shape index (κ2) is 8.95. The highest BCUT2D eigenvalue weighted by Gasteiger charge is 2.01. The van der Waals surface area contributed by atoms with E-state index in [2.05, 4.69) is 87.6 Å². The van der Waals surface area contributed by atoms with Gasteiger partial charge in [0.1, 0.15) is 0 Å². The predicted octanol–water partition coefficient (Wildman–Crippen LogP) is 6.86. The molecule has 4 aromatic rings. The summed E-state index contributed by atoms with van der Waals surface area (Å²) in [6.45, 7) is 0. The Morgan fingerprint density at radius 3 is 1.56 bits per heavy atom. The summed E-state index contributed by atoms with van der Waals surface area (Å²) in [5, 5.41) is 0. The van der Waals surface area contributed by atoms with E-state index in [0.717, 1.165) is 4.47 Å². The molecule has 2 heteroatoms. The highest BCUT2D eigenvalue weighted by molar-refractivity contribution is 9.10. The molecular formula is C23H18BrN. The summed E-state index contributed by atoms with van der Waals surface area (Å²) in [5.41, 5.74) is 4.97. The van der Waals surface area contributed by atoms with E-state index in [1.165, 1.54) is 22.3 Å². The van der Waals surface area contributed by atoms with Crippen molar-refractivity contribution in [2.75, 3.05) is 0 Å².